The van der Waals surface area contributed by atoms with E-state index in [9.17, 15) is 0 Å². The van der Waals surface area contributed by atoms with Gasteiger partial charge in [-0.15, -0.1) is 45.3 Å². The van der Waals surface area contributed by atoms with E-state index in [1.165, 1.54) is 106 Å². The molecule has 1 atom stereocenters. The third-order valence-corrected chi connectivity index (χ3v) is 12.4. The van der Waals surface area contributed by atoms with Crippen molar-refractivity contribution >= 4 is 91.9 Å². The molecule has 0 amide bonds. The molecule has 1 N–H and O–H groups in total. The Hall–Kier alpha value is -1.84. The van der Waals surface area contributed by atoms with Crippen LogP contribution in [0.4, 0.5) is 5.00 Å². The van der Waals surface area contributed by atoms with Crippen LogP contribution in [0, 0.1) is 5.92 Å². The van der Waals surface area contributed by atoms with Crippen LogP contribution in [0.25, 0.3) is 50.7 Å². The lowest BCUT2D eigenvalue weighted by molar-refractivity contribution is 0.452. The molecule has 5 heterocycles. The van der Waals surface area contributed by atoms with Gasteiger partial charge in [0.25, 0.3) is 0 Å². The highest BCUT2D eigenvalue weighted by Crippen LogP contribution is 2.45. The second-order valence-corrected chi connectivity index (χ2v) is 15.0. The van der Waals surface area contributed by atoms with Crippen LogP contribution in [0.1, 0.15) is 64.2 Å². The number of nitrogens with zero attached hydrogens (tertiary/aromatic N) is 2. The minimum atomic E-state index is 0.812. The molecule has 3 nitrogen and oxygen atoms in total. The highest BCUT2D eigenvalue weighted by molar-refractivity contribution is 7.31. The molecule has 0 bridgehead atoms. The number of hydrogen-bond acceptors (Lipinski definition) is 8. The van der Waals surface area contributed by atoms with E-state index < -0.39 is 0 Å². The largest absolute Gasteiger partial charge is 0.377 e. The van der Waals surface area contributed by atoms with Gasteiger partial charge in [-0.1, -0.05) is 65.0 Å². The SMILES string of the molecule is CCCCNc1cc2sc(-c3ccc(-c4cc5sc(CC(CC)CCCC)cc5s4)c4nsnc34)cc2s1. The number of fused-ring (bicyclic) bond motifs is 3. The summed E-state index contributed by atoms with van der Waals surface area (Å²) in [5.41, 5.74) is 4.47. The molecule has 0 aliphatic rings. The van der Waals surface area contributed by atoms with Crippen LogP contribution >= 0.6 is 57.1 Å². The minimum absolute atomic E-state index is 0.812. The average molecular weight is 596 g/mol. The minimum Gasteiger partial charge on any atom is -0.377 e. The predicted octanol–water partition coefficient (Wildman–Crippen LogP) is 11.5. The van der Waals surface area contributed by atoms with Gasteiger partial charge in [0.2, 0.25) is 0 Å². The third kappa shape index (κ3) is 5.30. The first-order valence-electron chi connectivity index (χ1n) is 13.7. The molecule has 5 aromatic heterocycles. The van der Waals surface area contributed by atoms with Gasteiger partial charge in [0.05, 0.1) is 16.7 Å². The molecule has 6 rings (SSSR count). The Morgan fingerprint density at radius 2 is 1.37 bits per heavy atom. The standard InChI is InChI=1S/C30H33N3S5/c1-4-7-9-18(6-3)13-19-14-24-25(34-19)15-22(35-24)20-10-11-21(30-29(20)32-38-33-30)23-16-26-27(36-23)17-28(37-26)31-12-8-5-2/h10-11,14-18,31H,4-9,12-13H2,1-3H3. The van der Waals surface area contributed by atoms with Crippen molar-refractivity contribution in [3.63, 3.8) is 0 Å². The van der Waals surface area contributed by atoms with Gasteiger partial charge >= 0.3 is 0 Å². The molecule has 0 spiro atoms. The lowest BCUT2D eigenvalue weighted by Gasteiger charge is -2.12. The number of aromatic nitrogens is 2. The molecule has 0 saturated heterocycles. The molecular formula is C30H33N3S5. The Bertz CT molecular complexity index is 1600. The number of hydrogen-bond donors (Lipinski definition) is 1. The Balaban J connectivity index is 1.26. The van der Waals surface area contributed by atoms with E-state index in [0.717, 1.165) is 23.5 Å². The van der Waals surface area contributed by atoms with Crippen LogP contribution in [0.2, 0.25) is 0 Å². The Morgan fingerprint density at radius 1 is 0.737 bits per heavy atom. The Kier molecular flexibility index (Phi) is 8.14. The third-order valence-electron chi connectivity index (χ3n) is 7.27. The Labute approximate surface area is 244 Å². The molecule has 0 aliphatic carbocycles. The summed E-state index contributed by atoms with van der Waals surface area (Å²) in [6.07, 6.45) is 8.91. The monoisotopic (exact) mass is 595 g/mol. The summed E-state index contributed by atoms with van der Waals surface area (Å²) in [5.74, 6) is 0.812. The van der Waals surface area contributed by atoms with Crippen molar-refractivity contribution < 1.29 is 0 Å². The van der Waals surface area contributed by atoms with Gasteiger partial charge in [-0.25, -0.2) is 0 Å². The van der Waals surface area contributed by atoms with E-state index in [2.05, 4.69) is 62.5 Å². The summed E-state index contributed by atoms with van der Waals surface area (Å²) in [4.78, 5) is 4.12. The van der Waals surface area contributed by atoms with Crippen molar-refractivity contribution in [2.24, 2.45) is 5.92 Å². The van der Waals surface area contributed by atoms with Crippen LogP contribution < -0.4 is 5.32 Å². The highest BCUT2D eigenvalue weighted by atomic mass is 32.1. The number of thiophene rings is 4. The van der Waals surface area contributed by atoms with Gasteiger partial charge in [0.15, 0.2) is 0 Å². The zero-order valence-corrected chi connectivity index (χ0v) is 26.2. The maximum absolute atomic E-state index is 4.77. The maximum atomic E-state index is 4.77. The summed E-state index contributed by atoms with van der Waals surface area (Å²) < 4.78 is 15.0. The second kappa shape index (κ2) is 11.7. The summed E-state index contributed by atoms with van der Waals surface area (Å²) in [6.45, 7) is 7.91. The maximum Gasteiger partial charge on any atom is 0.114 e. The molecule has 1 unspecified atom stereocenters. The van der Waals surface area contributed by atoms with E-state index in [-0.39, 0.29) is 0 Å². The fraction of sp³-hybridized carbons (Fsp3) is 0.400. The summed E-state index contributed by atoms with van der Waals surface area (Å²) in [5, 5.41) is 4.84. The molecule has 0 aliphatic heterocycles. The van der Waals surface area contributed by atoms with Crippen molar-refractivity contribution in [1.82, 2.24) is 8.75 Å². The quantitative estimate of drug-likeness (QED) is 0.143. The van der Waals surface area contributed by atoms with Crippen molar-refractivity contribution in [1.29, 1.82) is 0 Å². The van der Waals surface area contributed by atoms with Crippen LogP contribution in [-0.4, -0.2) is 15.3 Å². The van der Waals surface area contributed by atoms with Gasteiger partial charge in [-0.3, -0.25) is 0 Å². The first-order chi connectivity index (χ1) is 18.7. The smallest absolute Gasteiger partial charge is 0.114 e. The molecule has 8 heteroatoms. The van der Waals surface area contributed by atoms with Gasteiger partial charge in [-0.2, -0.15) is 8.75 Å². The van der Waals surface area contributed by atoms with E-state index in [4.69, 9.17) is 8.75 Å². The fourth-order valence-corrected chi connectivity index (χ4v) is 10.5. The zero-order valence-electron chi connectivity index (χ0n) is 22.1. The number of anilines is 1. The van der Waals surface area contributed by atoms with E-state index in [0.29, 0.717) is 0 Å². The second-order valence-electron chi connectivity index (χ2n) is 10.0. The number of unbranched alkanes of at least 4 members (excludes halogenated alkanes) is 2. The molecule has 1 aromatic carbocycles. The fourth-order valence-electron chi connectivity index (χ4n) is 5.06. The number of benzene rings is 1. The van der Waals surface area contributed by atoms with Crippen LogP contribution in [0.5, 0.6) is 0 Å². The van der Waals surface area contributed by atoms with Crippen LogP contribution in [-0.2, 0) is 6.42 Å². The topological polar surface area (TPSA) is 37.8 Å². The molecule has 0 saturated carbocycles. The highest BCUT2D eigenvalue weighted by Gasteiger charge is 2.18. The van der Waals surface area contributed by atoms with Crippen molar-refractivity contribution in [3.8, 4) is 20.9 Å². The average Bonchev–Trinajstić information content (AvgIpc) is 3.72. The summed E-state index contributed by atoms with van der Waals surface area (Å²) in [6, 6.07) is 14.0. The van der Waals surface area contributed by atoms with Gasteiger partial charge in [-0.05, 0) is 43.0 Å². The van der Waals surface area contributed by atoms with E-state index in [1.54, 1.807) is 0 Å². The number of rotatable bonds is 12. The summed E-state index contributed by atoms with van der Waals surface area (Å²) >= 11 is 8.92. The molecular weight excluding hydrogens is 563 g/mol. The molecule has 0 radical (unpaired) electrons. The lowest BCUT2D eigenvalue weighted by Crippen LogP contribution is -2.01. The Morgan fingerprint density at radius 3 is 1.97 bits per heavy atom. The summed E-state index contributed by atoms with van der Waals surface area (Å²) in [7, 11) is 0. The molecule has 0 fully saturated rings. The zero-order chi connectivity index (χ0) is 26.1. The molecule has 38 heavy (non-hydrogen) atoms. The van der Waals surface area contributed by atoms with Crippen LogP contribution in [0.3, 0.4) is 0 Å². The van der Waals surface area contributed by atoms with Gasteiger partial charge in [0.1, 0.15) is 11.0 Å². The first kappa shape index (κ1) is 26.4. The molecule has 6 aromatic rings. The van der Waals surface area contributed by atoms with Gasteiger partial charge < -0.3 is 5.32 Å². The number of nitrogens with one attached hydrogen (secondary N) is 1. The van der Waals surface area contributed by atoms with Crippen LogP contribution in [0.15, 0.2) is 36.4 Å². The van der Waals surface area contributed by atoms with E-state index >= 15 is 0 Å². The van der Waals surface area contributed by atoms with Crippen molar-refractivity contribution in [2.45, 2.75) is 65.7 Å². The van der Waals surface area contributed by atoms with Crippen molar-refractivity contribution in [2.75, 3.05) is 11.9 Å². The van der Waals surface area contributed by atoms with Crippen molar-refractivity contribution in [3.05, 3.63) is 41.3 Å². The lowest BCUT2D eigenvalue weighted by atomic mass is 9.95. The normalized spacial score (nSPS) is 12.8. The molecule has 198 valence electrons. The van der Waals surface area contributed by atoms with E-state index in [1.807, 2.05) is 45.3 Å². The predicted molar refractivity (Wildman–Crippen MR) is 175 cm³/mol. The van der Waals surface area contributed by atoms with Gasteiger partial charge in [0, 0.05) is 51.1 Å². The first-order valence-corrected chi connectivity index (χ1v) is 17.7.